The Morgan fingerprint density at radius 3 is 2.70 bits per heavy atom. The summed E-state index contributed by atoms with van der Waals surface area (Å²) in [4.78, 5) is 7.30. The molecule has 2 heterocycles. The van der Waals surface area contributed by atoms with Gasteiger partial charge in [-0.1, -0.05) is 32.0 Å². The van der Waals surface area contributed by atoms with Crippen LogP contribution in [0.1, 0.15) is 38.1 Å². The van der Waals surface area contributed by atoms with Crippen LogP contribution in [0.5, 0.6) is 0 Å². The molecule has 4 rings (SSSR count). The summed E-state index contributed by atoms with van der Waals surface area (Å²) in [6, 6.07) is 16.6. The minimum Gasteiger partial charge on any atom is -0.441 e. The molecule has 1 fully saturated rings. The largest absolute Gasteiger partial charge is 0.441 e. The number of benzene rings is 2. The molecule has 1 saturated heterocycles. The number of fused-ring (bicyclic) bond motifs is 1. The number of likely N-dealkylation sites (tertiary alicyclic amines) is 1. The van der Waals surface area contributed by atoms with E-state index in [1.807, 2.05) is 36.4 Å². The average molecular weight is 359 g/mol. The third kappa shape index (κ3) is 3.74. The van der Waals surface area contributed by atoms with Crippen molar-refractivity contribution >= 4 is 11.1 Å². The van der Waals surface area contributed by atoms with Crippen LogP contribution >= 0.6 is 0 Å². The van der Waals surface area contributed by atoms with E-state index >= 15 is 0 Å². The Kier molecular flexibility index (Phi) is 4.96. The van der Waals surface area contributed by atoms with Crippen molar-refractivity contribution in [3.8, 4) is 17.2 Å². The predicted molar refractivity (Wildman–Crippen MR) is 107 cm³/mol. The van der Waals surface area contributed by atoms with Gasteiger partial charge in [-0.15, -0.1) is 0 Å². The first-order chi connectivity index (χ1) is 13.1. The minimum atomic E-state index is 0.671. The van der Waals surface area contributed by atoms with E-state index in [0.717, 1.165) is 41.1 Å². The Morgan fingerprint density at radius 1 is 1.19 bits per heavy atom. The molecular formula is C23H25N3O. The van der Waals surface area contributed by atoms with E-state index < -0.39 is 0 Å². The zero-order valence-electron chi connectivity index (χ0n) is 16.0. The van der Waals surface area contributed by atoms with Crippen molar-refractivity contribution in [2.45, 2.75) is 39.2 Å². The molecule has 0 bridgehead atoms. The van der Waals surface area contributed by atoms with E-state index in [4.69, 9.17) is 14.7 Å². The van der Waals surface area contributed by atoms with Crippen molar-refractivity contribution in [2.24, 2.45) is 5.92 Å². The molecule has 1 aromatic heterocycles. The highest BCUT2D eigenvalue weighted by Gasteiger charge is 2.26. The van der Waals surface area contributed by atoms with Crippen molar-refractivity contribution in [1.29, 1.82) is 5.26 Å². The van der Waals surface area contributed by atoms with Gasteiger partial charge < -0.3 is 4.42 Å². The maximum absolute atomic E-state index is 8.94. The molecule has 1 aliphatic heterocycles. The second-order valence-electron chi connectivity index (χ2n) is 7.72. The molecule has 0 amide bonds. The third-order valence-electron chi connectivity index (χ3n) is 5.58. The summed E-state index contributed by atoms with van der Waals surface area (Å²) < 4.78 is 5.97. The number of rotatable bonds is 5. The number of nitrogens with zero attached hydrogens (tertiary/aromatic N) is 3. The number of oxazole rings is 1. The fourth-order valence-corrected chi connectivity index (χ4v) is 4.12. The van der Waals surface area contributed by atoms with Crippen molar-refractivity contribution in [3.63, 3.8) is 0 Å². The highest BCUT2D eigenvalue weighted by Crippen LogP contribution is 2.27. The Hall–Kier alpha value is -2.64. The molecule has 0 radical (unpaired) electrons. The van der Waals surface area contributed by atoms with Gasteiger partial charge in [-0.3, -0.25) is 4.90 Å². The minimum absolute atomic E-state index is 0.671. The molecule has 4 nitrogen and oxygen atoms in total. The molecule has 1 atom stereocenters. The number of nitriles is 1. The van der Waals surface area contributed by atoms with Crippen molar-refractivity contribution in [3.05, 3.63) is 53.9 Å². The average Bonchev–Trinajstić information content (AvgIpc) is 3.32. The van der Waals surface area contributed by atoms with Gasteiger partial charge in [0.2, 0.25) is 0 Å². The van der Waals surface area contributed by atoms with Crippen LogP contribution in [0.25, 0.3) is 22.2 Å². The Balaban J connectivity index is 1.50. The molecule has 4 heteroatoms. The molecule has 1 unspecified atom stereocenters. The van der Waals surface area contributed by atoms with Crippen LogP contribution in [0, 0.1) is 17.2 Å². The summed E-state index contributed by atoms with van der Waals surface area (Å²) in [6.45, 7) is 6.82. The molecule has 3 aromatic rings. The van der Waals surface area contributed by atoms with Gasteiger partial charge in [0.15, 0.2) is 11.5 Å². The summed E-state index contributed by atoms with van der Waals surface area (Å²) in [5.74, 6) is 1.52. The van der Waals surface area contributed by atoms with Crippen LogP contribution in [0.15, 0.2) is 46.9 Å². The first-order valence-corrected chi connectivity index (χ1v) is 9.78. The number of hydrogen-bond donors (Lipinski definition) is 0. The first-order valence-electron chi connectivity index (χ1n) is 9.78. The van der Waals surface area contributed by atoms with E-state index in [1.165, 1.54) is 19.4 Å². The zero-order valence-corrected chi connectivity index (χ0v) is 16.0. The molecular weight excluding hydrogens is 334 g/mol. The van der Waals surface area contributed by atoms with Gasteiger partial charge >= 0.3 is 0 Å². The lowest BCUT2D eigenvalue weighted by Crippen LogP contribution is -2.34. The molecule has 0 saturated carbocycles. The fourth-order valence-electron chi connectivity index (χ4n) is 4.12. The van der Waals surface area contributed by atoms with Crippen molar-refractivity contribution in [1.82, 2.24) is 9.88 Å². The lowest BCUT2D eigenvalue weighted by molar-refractivity contribution is 0.205. The normalized spacial score (nSPS) is 17.6. The molecule has 0 spiro atoms. The van der Waals surface area contributed by atoms with Gasteiger partial charge in [0, 0.05) is 19.0 Å². The SMILES string of the molecule is CC(C)C1CCCN1CCc1nc2cc(-c3ccc(C#N)cc3)ccc2o1. The van der Waals surface area contributed by atoms with Crippen LogP contribution in [0.2, 0.25) is 0 Å². The molecule has 0 aliphatic carbocycles. The molecule has 138 valence electrons. The maximum Gasteiger partial charge on any atom is 0.196 e. The summed E-state index contributed by atoms with van der Waals surface area (Å²) in [7, 11) is 0. The lowest BCUT2D eigenvalue weighted by Gasteiger charge is -2.26. The van der Waals surface area contributed by atoms with Crippen LogP contribution < -0.4 is 0 Å². The maximum atomic E-state index is 8.94. The van der Waals surface area contributed by atoms with Gasteiger partial charge in [-0.2, -0.15) is 5.26 Å². The fraction of sp³-hybridized carbons (Fsp3) is 0.391. The Morgan fingerprint density at radius 2 is 1.96 bits per heavy atom. The molecule has 27 heavy (non-hydrogen) atoms. The standard InChI is InChI=1S/C23H25N3O/c1-16(2)21-4-3-12-26(21)13-11-23-25-20-14-19(9-10-22(20)27-23)18-7-5-17(15-24)6-8-18/h5-10,14,16,21H,3-4,11-13H2,1-2H3. The number of hydrogen-bond acceptors (Lipinski definition) is 4. The van der Waals surface area contributed by atoms with Gasteiger partial charge in [0.05, 0.1) is 11.6 Å². The molecule has 2 aromatic carbocycles. The van der Waals surface area contributed by atoms with Gasteiger partial charge in [-0.05, 0) is 60.7 Å². The van der Waals surface area contributed by atoms with Gasteiger partial charge in [0.1, 0.15) is 5.52 Å². The van der Waals surface area contributed by atoms with E-state index in [-0.39, 0.29) is 0 Å². The van der Waals surface area contributed by atoms with Crippen molar-refractivity contribution in [2.75, 3.05) is 13.1 Å². The van der Waals surface area contributed by atoms with Gasteiger partial charge in [0.25, 0.3) is 0 Å². The van der Waals surface area contributed by atoms with E-state index in [2.05, 4.69) is 30.9 Å². The van der Waals surface area contributed by atoms with E-state index in [1.54, 1.807) is 0 Å². The topological polar surface area (TPSA) is 53.1 Å². The summed E-state index contributed by atoms with van der Waals surface area (Å²) in [5, 5.41) is 8.94. The Labute approximate surface area is 160 Å². The lowest BCUT2D eigenvalue weighted by atomic mass is 10.0. The zero-order chi connectivity index (χ0) is 18.8. The first kappa shape index (κ1) is 17.8. The van der Waals surface area contributed by atoms with Crippen LogP contribution in [-0.2, 0) is 6.42 Å². The second-order valence-corrected chi connectivity index (χ2v) is 7.72. The monoisotopic (exact) mass is 359 g/mol. The molecule has 0 N–H and O–H groups in total. The van der Waals surface area contributed by atoms with Gasteiger partial charge in [-0.25, -0.2) is 4.98 Å². The molecule has 1 aliphatic rings. The van der Waals surface area contributed by atoms with Crippen LogP contribution in [0.4, 0.5) is 0 Å². The van der Waals surface area contributed by atoms with E-state index in [9.17, 15) is 0 Å². The summed E-state index contributed by atoms with van der Waals surface area (Å²) in [6.07, 6.45) is 3.45. The summed E-state index contributed by atoms with van der Waals surface area (Å²) >= 11 is 0. The highest BCUT2D eigenvalue weighted by molar-refractivity contribution is 5.80. The van der Waals surface area contributed by atoms with Crippen LogP contribution in [-0.4, -0.2) is 29.0 Å². The second kappa shape index (κ2) is 7.54. The van der Waals surface area contributed by atoms with E-state index in [0.29, 0.717) is 17.5 Å². The highest BCUT2D eigenvalue weighted by atomic mass is 16.3. The number of aromatic nitrogens is 1. The smallest absolute Gasteiger partial charge is 0.196 e. The quantitative estimate of drug-likeness (QED) is 0.641. The third-order valence-corrected chi connectivity index (χ3v) is 5.58. The Bertz CT molecular complexity index is 965. The van der Waals surface area contributed by atoms with Crippen molar-refractivity contribution < 1.29 is 4.42 Å². The summed E-state index contributed by atoms with van der Waals surface area (Å²) in [5.41, 5.74) is 4.58. The predicted octanol–water partition coefficient (Wildman–Crippen LogP) is 5.03. The van der Waals surface area contributed by atoms with Crippen LogP contribution in [0.3, 0.4) is 0 Å².